The van der Waals surface area contributed by atoms with Crippen molar-refractivity contribution in [3.63, 3.8) is 0 Å². The molecule has 0 fully saturated rings. The van der Waals surface area contributed by atoms with Crippen molar-refractivity contribution in [2.45, 2.75) is 0 Å². The maximum absolute atomic E-state index is 8.52. The Bertz CT molecular complexity index is 116. The van der Waals surface area contributed by atoms with Gasteiger partial charge in [0.05, 0.1) is 0 Å². The van der Waals surface area contributed by atoms with Crippen LogP contribution < -0.4 is 28.8 Å². The van der Waals surface area contributed by atoms with Gasteiger partial charge in [-0.05, 0) is 0 Å². The van der Waals surface area contributed by atoms with Crippen LogP contribution in [0.4, 0.5) is 0 Å². The molecular weight excluding hydrogens is 472 g/mol. The molecule has 0 aliphatic carbocycles. The van der Waals surface area contributed by atoms with E-state index < -0.39 is 27.5 Å². The van der Waals surface area contributed by atoms with Crippen molar-refractivity contribution in [2.24, 2.45) is 0 Å². The molecule has 0 unspecified atom stereocenters. The van der Waals surface area contributed by atoms with Crippen molar-refractivity contribution in [3.05, 3.63) is 0 Å². The van der Waals surface area contributed by atoms with Gasteiger partial charge in [-0.25, -0.2) is 0 Å². The van der Waals surface area contributed by atoms with Gasteiger partial charge in [0.25, 0.3) is 0 Å². The van der Waals surface area contributed by atoms with Crippen molar-refractivity contribution in [2.75, 3.05) is 0 Å². The zero-order valence-electron chi connectivity index (χ0n) is 6.07. The van der Waals surface area contributed by atoms with Crippen LogP contribution >= 0.6 is 0 Å². The van der Waals surface area contributed by atoms with E-state index in [1.54, 1.807) is 0 Å². The summed E-state index contributed by atoms with van der Waals surface area (Å²) >= 11 is 0. The predicted octanol–water partition coefficient (Wildman–Crippen LogP) is -9.39. The van der Waals surface area contributed by atoms with Crippen LogP contribution in [0.15, 0.2) is 0 Å². The molecule has 0 aliphatic rings. The molecule has 0 saturated heterocycles. The third-order valence-electron chi connectivity index (χ3n) is 0. The number of hydrogen-bond acceptors (Lipinski definition) is 9. The van der Waals surface area contributed by atoms with E-state index in [-0.39, 0.29) is 48.9 Å². The molecule has 4 radical (unpaired) electrons. The fourth-order valence-corrected chi connectivity index (χ4v) is 0. The van der Waals surface area contributed by atoms with Gasteiger partial charge in [-0.15, -0.1) is 0 Å². The molecular formula is O9Sb2Si3. The summed E-state index contributed by atoms with van der Waals surface area (Å²) in [5, 5.41) is 0. The van der Waals surface area contributed by atoms with E-state index in [2.05, 4.69) is 0 Å². The zero-order chi connectivity index (χ0) is 10.7. The summed E-state index contributed by atoms with van der Waals surface area (Å²) < 4.78 is 25.6. The van der Waals surface area contributed by atoms with E-state index in [9.17, 15) is 0 Å². The Balaban J connectivity index is -0.0000000270. The SMILES string of the molecule is O=[Si]([O-])[O-].O=[Si]([O-])[O-].O=[Si]([O-])[O-].[Sb+3].[Sb+3]. The molecule has 0 aromatic rings. The Morgan fingerprint density at radius 2 is 0.500 bits per heavy atom. The van der Waals surface area contributed by atoms with E-state index in [1.807, 2.05) is 0 Å². The molecule has 14 heteroatoms. The molecule has 0 rings (SSSR count). The summed E-state index contributed by atoms with van der Waals surface area (Å²) in [6.07, 6.45) is 0. The van der Waals surface area contributed by atoms with Crippen molar-refractivity contribution < 1.29 is 42.2 Å². The van der Waals surface area contributed by atoms with Crippen molar-refractivity contribution in [1.29, 1.82) is 0 Å². The molecule has 0 heterocycles. The molecule has 0 bridgehead atoms. The molecule has 9 nitrogen and oxygen atoms in total. The summed E-state index contributed by atoms with van der Waals surface area (Å²) in [5.41, 5.74) is 0. The molecule has 0 atom stereocenters. The van der Waals surface area contributed by atoms with Gasteiger partial charge in [0.2, 0.25) is 0 Å². The molecule has 14 heavy (non-hydrogen) atoms. The van der Waals surface area contributed by atoms with Crippen LogP contribution in [0.25, 0.3) is 0 Å². The van der Waals surface area contributed by atoms with E-state index in [0.717, 1.165) is 0 Å². The van der Waals surface area contributed by atoms with Gasteiger partial charge in [-0.3, -0.25) is 0 Å². The third kappa shape index (κ3) is 6950. The first kappa shape index (κ1) is 29.3. The largest absolute Gasteiger partial charge is 3.00 e. The van der Waals surface area contributed by atoms with Gasteiger partial charge >= 0.3 is 48.9 Å². The molecule has 76 valence electrons. The summed E-state index contributed by atoms with van der Waals surface area (Å²) in [6.45, 7) is 0. The number of hydrogen-bond donors (Lipinski definition) is 0. The Kier molecular flexibility index (Phi) is 48.9. The van der Waals surface area contributed by atoms with E-state index >= 15 is 0 Å². The third-order valence-corrected chi connectivity index (χ3v) is 0. The van der Waals surface area contributed by atoms with Gasteiger partial charge in [0.15, 0.2) is 0 Å². The first-order valence-electron chi connectivity index (χ1n) is 1.84. The van der Waals surface area contributed by atoms with Crippen molar-refractivity contribution in [3.8, 4) is 0 Å². The maximum Gasteiger partial charge on any atom is 3.00 e. The Morgan fingerprint density at radius 1 is 0.500 bits per heavy atom. The number of rotatable bonds is 0. The van der Waals surface area contributed by atoms with Crippen LogP contribution in [0.1, 0.15) is 0 Å². The van der Waals surface area contributed by atoms with E-state index in [1.165, 1.54) is 0 Å². The molecule has 0 aliphatic heterocycles. The minimum Gasteiger partial charge on any atom is -0.672 e. The molecule has 0 amide bonds. The Hall–Kier alpha value is 0.487. The van der Waals surface area contributed by atoms with Gasteiger partial charge in [-0.1, -0.05) is 0 Å². The molecule has 0 aromatic carbocycles. The van der Waals surface area contributed by atoms with Crippen molar-refractivity contribution in [1.82, 2.24) is 0 Å². The quantitative estimate of drug-likeness (QED) is 0.309. The van der Waals surface area contributed by atoms with Crippen LogP contribution in [0.2, 0.25) is 0 Å². The smallest absolute Gasteiger partial charge is 0.672 e. The zero-order valence-corrected chi connectivity index (χ0v) is 14.2. The fraction of sp³-hybridized carbons (Fsp3) is 0. The average molecular weight is 472 g/mol. The van der Waals surface area contributed by atoms with Crippen LogP contribution in [-0.2, 0) is 13.4 Å². The first-order valence-corrected chi connectivity index (χ1v) is 5.51. The topological polar surface area (TPSA) is 190 Å². The normalized spacial score (nSPS) is 5.14. The minimum absolute atomic E-state index is 0. The Morgan fingerprint density at radius 3 is 0.500 bits per heavy atom. The average Bonchev–Trinajstić information content (AvgIpc) is 1.54. The van der Waals surface area contributed by atoms with Gasteiger partial charge in [-0.2, -0.15) is 0 Å². The van der Waals surface area contributed by atoms with Gasteiger partial charge < -0.3 is 42.2 Å². The first-order chi connectivity index (χ1) is 5.20. The Labute approximate surface area is 118 Å². The summed E-state index contributed by atoms with van der Waals surface area (Å²) in [6, 6.07) is 0. The van der Waals surface area contributed by atoms with E-state index in [0.29, 0.717) is 0 Å². The fourth-order valence-electron chi connectivity index (χ4n) is 0. The minimum atomic E-state index is -3.63. The molecule has 0 aromatic heterocycles. The maximum atomic E-state index is 8.52. The van der Waals surface area contributed by atoms with Gasteiger partial charge in [0.1, 0.15) is 0 Å². The van der Waals surface area contributed by atoms with Crippen LogP contribution in [-0.4, -0.2) is 76.4 Å². The second kappa shape index (κ2) is 23.4. The molecule has 0 saturated carbocycles. The standard InChI is InChI=1S/3O3Si.2Sb/c3*1-4(2)3;;/q3*-2;2*+3. The van der Waals surface area contributed by atoms with E-state index in [4.69, 9.17) is 42.2 Å². The molecule has 0 spiro atoms. The van der Waals surface area contributed by atoms with Gasteiger partial charge in [0, 0.05) is 27.5 Å². The molecule has 0 N–H and O–H groups in total. The van der Waals surface area contributed by atoms with Crippen molar-refractivity contribution >= 4 is 76.4 Å². The van der Waals surface area contributed by atoms with Crippen LogP contribution in [0, 0.1) is 0 Å². The van der Waals surface area contributed by atoms with Crippen LogP contribution in [0.5, 0.6) is 0 Å². The predicted molar refractivity (Wildman–Crippen MR) is 30.8 cm³/mol. The monoisotopic (exact) mass is 470 g/mol. The summed E-state index contributed by atoms with van der Waals surface area (Å²) in [5.74, 6) is 0. The second-order valence-electron chi connectivity index (χ2n) is 0.750. The van der Waals surface area contributed by atoms with Crippen LogP contribution in [0.3, 0.4) is 0 Å². The second-order valence-corrected chi connectivity index (χ2v) is 2.25. The summed E-state index contributed by atoms with van der Waals surface area (Å²) in [7, 11) is -10.9. The summed E-state index contributed by atoms with van der Waals surface area (Å²) in [4.78, 5) is 51.1.